The molecule has 27 heavy (non-hydrogen) atoms. The molecule has 0 aliphatic carbocycles. The summed E-state index contributed by atoms with van der Waals surface area (Å²) in [6.07, 6.45) is 0.206. The molecule has 0 radical (unpaired) electrons. The lowest BCUT2D eigenvalue weighted by Gasteiger charge is -2.21. The molecule has 0 heterocycles. The third kappa shape index (κ3) is 5.84. The maximum Gasteiger partial charge on any atom is 0.226 e. The first kappa shape index (κ1) is 20.5. The second kappa shape index (κ2) is 8.71. The topological polar surface area (TPSA) is 58.6 Å². The van der Waals surface area contributed by atoms with Crippen LogP contribution in [-0.4, -0.2) is 25.5 Å². The molecule has 2 rings (SSSR count). The molecule has 0 bridgehead atoms. The quantitative estimate of drug-likeness (QED) is 0.823. The first-order valence-corrected chi connectivity index (χ1v) is 9.03. The summed E-state index contributed by atoms with van der Waals surface area (Å²) in [6.45, 7) is 8.23. The summed E-state index contributed by atoms with van der Waals surface area (Å²) in [6, 6.07) is 15.1. The molecule has 0 aliphatic rings. The van der Waals surface area contributed by atoms with Crippen LogP contribution in [0.1, 0.15) is 39.7 Å². The summed E-state index contributed by atoms with van der Waals surface area (Å²) in [7, 11) is 1.58. The van der Waals surface area contributed by atoms with Gasteiger partial charge < -0.3 is 15.0 Å². The van der Waals surface area contributed by atoms with E-state index < -0.39 is 0 Å². The smallest absolute Gasteiger partial charge is 0.226 e. The van der Waals surface area contributed by atoms with Gasteiger partial charge in [-0.3, -0.25) is 9.59 Å². The first-order valence-electron chi connectivity index (χ1n) is 9.03. The van der Waals surface area contributed by atoms with Crippen molar-refractivity contribution in [2.75, 3.05) is 23.9 Å². The number of rotatable bonds is 6. The van der Waals surface area contributed by atoms with Crippen LogP contribution in [-0.2, 0) is 15.0 Å². The molecule has 5 nitrogen and oxygen atoms in total. The Morgan fingerprint density at radius 2 is 1.74 bits per heavy atom. The van der Waals surface area contributed by atoms with E-state index in [4.69, 9.17) is 4.74 Å². The zero-order valence-corrected chi connectivity index (χ0v) is 16.7. The van der Waals surface area contributed by atoms with Crippen molar-refractivity contribution in [2.24, 2.45) is 0 Å². The second-order valence-electron chi connectivity index (χ2n) is 7.50. The Morgan fingerprint density at radius 1 is 1.07 bits per heavy atom. The molecule has 0 fully saturated rings. The average Bonchev–Trinajstić information content (AvgIpc) is 2.61. The van der Waals surface area contributed by atoms with Crippen molar-refractivity contribution in [3.63, 3.8) is 0 Å². The summed E-state index contributed by atoms with van der Waals surface area (Å²) < 4.78 is 5.21. The molecule has 0 saturated carbocycles. The molecule has 0 unspecified atom stereocenters. The van der Waals surface area contributed by atoms with Crippen LogP contribution in [0.25, 0.3) is 0 Å². The van der Waals surface area contributed by atoms with Gasteiger partial charge in [0, 0.05) is 37.3 Å². The lowest BCUT2D eigenvalue weighted by atomic mass is 9.87. The molecule has 0 aliphatic heterocycles. The number of hydrogen-bond donors (Lipinski definition) is 1. The van der Waals surface area contributed by atoms with Crippen molar-refractivity contribution in [3.05, 3.63) is 54.1 Å². The van der Waals surface area contributed by atoms with Gasteiger partial charge in [0.15, 0.2) is 0 Å². The SMILES string of the molecule is COc1cccc(N(CCC(=O)Nc2ccc(C(C)(C)C)cc2)C(C)=O)c1. The summed E-state index contributed by atoms with van der Waals surface area (Å²) in [4.78, 5) is 25.9. The molecule has 2 aromatic carbocycles. The van der Waals surface area contributed by atoms with Crippen LogP contribution in [0.5, 0.6) is 5.75 Å². The Kier molecular flexibility index (Phi) is 6.61. The van der Waals surface area contributed by atoms with Gasteiger partial charge in [-0.1, -0.05) is 39.0 Å². The zero-order valence-electron chi connectivity index (χ0n) is 16.7. The summed E-state index contributed by atoms with van der Waals surface area (Å²) in [5.74, 6) is 0.417. The molecule has 0 atom stereocenters. The molecule has 0 aromatic heterocycles. The number of carbonyl (C=O) groups excluding carboxylic acids is 2. The Bertz CT molecular complexity index is 792. The highest BCUT2D eigenvalue weighted by Gasteiger charge is 2.15. The van der Waals surface area contributed by atoms with Crippen LogP contribution < -0.4 is 15.0 Å². The Labute approximate surface area is 161 Å². The fraction of sp³-hybridized carbons (Fsp3) is 0.364. The van der Waals surface area contributed by atoms with E-state index in [1.165, 1.54) is 12.5 Å². The monoisotopic (exact) mass is 368 g/mol. The fourth-order valence-corrected chi connectivity index (χ4v) is 2.74. The van der Waals surface area contributed by atoms with Crippen LogP contribution >= 0.6 is 0 Å². The largest absolute Gasteiger partial charge is 0.497 e. The third-order valence-corrected chi connectivity index (χ3v) is 4.34. The van der Waals surface area contributed by atoms with E-state index in [0.29, 0.717) is 18.0 Å². The molecular weight excluding hydrogens is 340 g/mol. The van der Waals surface area contributed by atoms with Crippen LogP contribution in [0.3, 0.4) is 0 Å². The van der Waals surface area contributed by atoms with Gasteiger partial charge in [0.25, 0.3) is 0 Å². The van der Waals surface area contributed by atoms with Gasteiger partial charge in [-0.25, -0.2) is 0 Å². The first-order chi connectivity index (χ1) is 12.7. The van der Waals surface area contributed by atoms with Crippen LogP contribution in [0.15, 0.2) is 48.5 Å². The highest BCUT2D eigenvalue weighted by atomic mass is 16.5. The normalized spacial score (nSPS) is 11.0. The number of benzene rings is 2. The molecule has 0 spiro atoms. The summed E-state index contributed by atoms with van der Waals surface area (Å²) in [5, 5.41) is 2.89. The van der Waals surface area contributed by atoms with Crippen molar-refractivity contribution >= 4 is 23.2 Å². The van der Waals surface area contributed by atoms with E-state index in [2.05, 4.69) is 26.1 Å². The zero-order chi connectivity index (χ0) is 20.0. The summed E-state index contributed by atoms with van der Waals surface area (Å²) in [5.41, 5.74) is 2.75. The number of hydrogen-bond acceptors (Lipinski definition) is 3. The molecule has 2 amide bonds. The number of carbonyl (C=O) groups is 2. The van der Waals surface area contributed by atoms with Gasteiger partial charge in [-0.15, -0.1) is 0 Å². The predicted octanol–water partition coefficient (Wildman–Crippen LogP) is 4.37. The predicted molar refractivity (Wildman–Crippen MR) is 109 cm³/mol. The average molecular weight is 368 g/mol. The number of nitrogens with one attached hydrogen (secondary N) is 1. The van der Waals surface area contributed by atoms with Gasteiger partial charge in [-0.05, 0) is 35.2 Å². The fourth-order valence-electron chi connectivity index (χ4n) is 2.74. The molecular formula is C22H28N2O3. The number of nitrogens with zero attached hydrogens (tertiary/aromatic N) is 1. The molecule has 144 valence electrons. The minimum absolute atomic E-state index is 0.0707. The Morgan fingerprint density at radius 3 is 2.30 bits per heavy atom. The van der Waals surface area contributed by atoms with Gasteiger partial charge in [0.1, 0.15) is 5.75 Å². The van der Waals surface area contributed by atoms with Crippen molar-refractivity contribution in [1.29, 1.82) is 0 Å². The molecule has 0 saturated heterocycles. The minimum Gasteiger partial charge on any atom is -0.497 e. The van der Waals surface area contributed by atoms with Gasteiger partial charge in [0.2, 0.25) is 11.8 Å². The van der Waals surface area contributed by atoms with E-state index in [1.54, 1.807) is 18.1 Å². The van der Waals surface area contributed by atoms with Crippen molar-refractivity contribution in [1.82, 2.24) is 0 Å². The standard InChI is InChI=1S/C22H28N2O3/c1-16(25)24(19-7-6-8-20(15-19)27-5)14-13-21(26)23-18-11-9-17(10-12-18)22(2,3)4/h6-12,15H,13-14H2,1-5H3,(H,23,26). The maximum absolute atomic E-state index is 12.3. The highest BCUT2D eigenvalue weighted by Crippen LogP contribution is 2.24. The van der Waals surface area contributed by atoms with E-state index >= 15 is 0 Å². The highest BCUT2D eigenvalue weighted by molar-refractivity contribution is 5.94. The molecule has 5 heteroatoms. The third-order valence-electron chi connectivity index (χ3n) is 4.34. The molecule has 1 N–H and O–H groups in total. The number of anilines is 2. The van der Waals surface area contributed by atoms with E-state index in [1.807, 2.05) is 42.5 Å². The van der Waals surface area contributed by atoms with Crippen LogP contribution in [0.2, 0.25) is 0 Å². The Hall–Kier alpha value is -2.82. The van der Waals surface area contributed by atoms with E-state index in [0.717, 1.165) is 5.69 Å². The lowest BCUT2D eigenvalue weighted by Crippen LogP contribution is -2.31. The van der Waals surface area contributed by atoms with E-state index in [-0.39, 0.29) is 23.7 Å². The van der Waals surface area contributed by atoms with Crippen LogP contribution in [0.4, 0.5) is 11.4 Å². The van der Waals surface area contributed by atoms with Gasteiger partial charge >= 0.3 is 0 Å². The number of amides is 2. The van der Waals surface area contributed by atoms with Crippen molar-refractivity contribution < 1.29 is 14.3 Å². The molecule has 2 aromatic rings. The second-order valence-corrected chi connectivity index (χ2v) is 7.50. The van der Waals surface area contributed by atoms with E-state index in [9.17, 15) is 9.59 Å². The van der Waals surface area contributed by atoms with Crippen LogP contribution in [0, 0.1) is 0 Å². The van der Waals surface area contributed by atoms with Gasteiger partial charge in [0.05, 0.1) is 7.11 Å². The van der Waals surface area contributed by atoms with Gasteiger partial charge in [-0.2, -0.15) is 0 Å². The van der Waals surface area contributed by atoms with Crippen molar-refractivity contribution in [2.45, 2.75) is 39.5 Å². The lowest BCUT2D eigenvalue weighted by molar-refractivity contribution is -0.117. The Balaban J connectivity index is 1.98. The maximum atomic E-state index is 12.3. The van der Waals surface area contributed by atoms with Crippen molar-refractivity contribution in [3.8, 4) is 5.75 Å². The minimum atomic E-state index is -0.132. The summed E-state index contributed by atoms with van der Waals surface area (Å²) >= 11 is 0. The number of methoxy groups -OCH3 is 1. The number of ether oxygens (including phenoxy) is 1.